The molecule has 0 bridgehead atoms. The molecule has 3 N–H and O–H groups in total. The standard InChI is InChI=1S/C10H17N3O2/c1-6(2)8(11)5-10(14)12-9-4-7(3)15-13-9/h4,6,8H,5,11H2,1-3H3,(H,12,13,14). The van der Waals surface area contributed by atoms with Gasteiger partial charge < -0.3 is 15.6 Å². The van der Waals surface area contributed by atoms with E-state index in [2.05, 4.69) is 10.5 Å². The summed E-state index contributed by atoms with van der Waals surface area (Å²) in [5.41, 5.74) is 5.77. The lowest BCUT2D eigenvalue weighted by atomic mass is 10.0. The van der Waals surface area contributed by atoms with E-state index >= 15 is 0 Å². The van der Waals surface area contributed by atoms with Crippen LogP contribution in [0.1, 0.15) is 26.0 Å². The fourth-order valence-electron chi connectivity index (χ4n) is 1.07. The third-order valence-electron chi connectivity index (χ3n) is 2.17. The Morgan fingerprint density at radius 2 is 2.33 bits per heavy atom. The molecular formula is C10H17N3O2. The van der Waals surface area contributed by atoms with Gasteiger partial charge in [-0.3, -0.25) is 4.79 Å². The van der Waals surface area contributed by atoms with Gasteiger partial charge in [0.25, 0.3) is 0 Å². The molecule has 15 heavy (non-hydrogen) atoms. The SMILES string of the molecule is Cc1cc(NC(=O)CC(N)C(C)C)no1. The van der Waals surface area contributed by atoms with Crippen molar-refractivity contribution >= 4 is 11.7 Å². The van der Waals surface area contributed by atoms with Crippen molar-refractivity contribution in [2.45, 2.75) is 33.2 Å². The number of hydrogen-bond acceptors (Lipinski definition) is 4. The second-order valence-corrected chi connectivity index (χ2v) is 3.98. The summed E-state index contributed by atoms with van der Waals surface area (Å²) in [4.78, 5) is 11.5. The Hall–Kier alpha value is -1.36. The third-order valence-corrected chi connectivity index (χ3v) is 2.17. The van der Waals surface area contributed by atoms with Crippen molar-refractivity contribution in [1.82, 2.24) is 5.16 Å². The molecule has 0 fully saturated rings. The molecule has 0 aromatic carbocycles. The van der Waals surface area contributed by atoms with Crippen LogP contribution in [-0.2, 0) is 4.79 Å². The Kier molecular flexibility index (Phi) is 3.85. The fourth-order valence-corrected chi connectivity index (χ4v) is 1.07. The summed E-state index contributed by atoms with van der Waals surface area (Å²) in [6.07, 6.45) is 0.295. The lowest BCUT2D eigenvalue weighted by Gasteiger charge is -2.13. The minimum Gasteiger partial charge on any atom is -0.360 e. The van der Waals surface area contributed by atoms with Crippen LogP contribution in [-0.4, -0.2) is 17.1 Å². The molecule has 1 rings (SSSR count). The van der Waals surface area contributed by atoms with E-state index in [0.717, 1.165) is 0 Å². The summed E-state index contributed by atoms with van der Waals surface area (Å²) in [5, 5.41) is 6.28. The van der Waals surface area contributed by atoms with Crippen molar-refractivity contribution in [2.24, 2.45) is 11.7 Å². The van der Waals surface area contributed by atoms with Gasteiger partial charge in [-0.25, -0.2) is 0 Å². The van der Waals surface area contributed by atoms with E-state index in [1.54, 1.807) is 13.0 Å². The number of nitrogens with one attached hydrogen (secondary N) is 1. The molecule has 0 radical (unpaired) electrons. The number of hydrogen-bond donors (Lipinski definition) is 2. The van der Waals surface area contributed by atoms with Crippen LogP contribution in [0.25, 0.3) is 0 Å². The van der Waals surface area contributed by atoms with Crippen LogP contribution in [0, 0.1) is 12.8 Å². The molecule has 1 aromatic rings. The zero-order valence-corrected chi connectivity index (χ0v) is 9.28. The van der Waals surface area contributed by atoms with Gasteiger partial charge in [0, 0.05) is 18.5 Å². The van der Waals surface area contributed by atoms with Crippen molar-refractivity contribution in [3.63, 3.8) is 0 Å². The normalized spacial score (nSPS) is 12.9. The first-order chi connectivity index (χ1) is 6.99. The average molecular weight is 211 g/mol. The van der Waals surface area contributed by atoms with Gasteiger partial charge in [-0.1, -0.05) is 19.0 Å². The number of nitrogens with zero attached hydrogens (tertiary/aromatic N) is 1. The molecule has 1 unspecified atom stereocenters. The van der Waals surface area contributed by atoms with E-state index in [1.165, 1.54) is 0 Å². The van der Waals surface area contributed by atoms with Gasteiger partial charge in [0.15, 0.2) is 5.82 Å². The first-order valence-corrected chi connectivity index (χ1v) is 4.97. The molecule has 0 aliphatic rings. The van der Waals surface area contributed by atoms with E-state index in [-0.39, 0.29) is 17.9 Å². The van der Waals surface area contributed by atoms with Gasteiger partial charge in [-0.15, -0.1) is 0 Å². The first-order valence-electron chi connectivity index (χ1n) is 4.97. The monoisotopic (exact) mass is 211 g/mol. The van der Waals surface area contributed by atoms with Crippen LogP contribution < -0.4 is 11.1 Å². The van der Waals surface area contributed by atoms with Crippen LogP contribution in [0.2, 0.25) is 0 Å². The van der Waals surface area contributed by atoms with E-state index in [4.69, 9.17) is 10.3 Å². The maximum atomic E-state index is 11.5. The number of rotatable bonds is 4. The van der Waals surface area contributed by atoms with E-state index in [0.29, 0.717) is 18.0 Å². The van der Waals surface area contributed by atoms with Crippen LogP contribution in [0.3, 0.4) is 0 Å². The molecule has 1 aromatic heterocycles. The van der Waals surface area contributed by atoms with Gasteiger partial charge >= 0.3 is 0 Å². The van der Waals surface area contributed by atoms with Gasteiger partial charge in [0.05, 0.1) is 0 Å². The minimum atomic E-state index is -0.135. The lowest BCUT2D eigenvalue weighted by Crippen LogP contribution is -2.31. The van der Waals surface area contributed by atoms with Crippen LogP contribution in [0.4, 0.5) is 5.82 Å². The molecule has 0 spiro atoms. The highest BCUT2D eigenvalue weighted by atomic mass is 16.5. The number of aryl methyl sites for hydroxylation is 1. The molecular weight excluding hydrogens is 194 g/mol. The molecule has 0 saturated heterocycles. The molecule has 5 nitrogen and oxygen atoms in total. The average Bonchev–Trinajstić information content (AvgIpc) is 2.50. The molecule has 84 valence electrons. The predicted octanol–water partition coefficient (Wildman–Crippen LogP) is 1.29. The number of anilines is 1. The van der Waals surface area contributed by atoms with Gasteiger partial charge in [0.1, 0.15) is 5.76 Å². The topological polar surface area (TPSA) is 81.2 Å². The zero-order valence-electron chi connectivity index (χ0n) is 9.28. The molecule has 1 heterocycles. The highest BCUT2D eigenvalue weighted by Gasteiger charge is 2.13. The van der Waals surface area contributed by atoms with E-state index in [1.807, 2.05) is 13.8 Å². The van der Waals surface area contributed by atoms with Crippen molar-refractivity contribution < 1.29 is 9.32 Å². The van der Waals surface area contributed by atoms with Gasteiger partial charge in [-0.05, 0) is 12.8 Å². The second-order valence-electron chi connectivity index (χ2n) is 3.98. The highest BCUT2D eigenvalue weighted by molar-refractivity contribution is 5.90. The summed E-state index contributed by atoms with van der Waals surface area (Å²) in [5.74, 6) is 1.26. The molecule has 0 saturated carbocycles. The van der Waals surface area contributed by atoms with Crippen molar-refractivity contribution in [3.8, 4) is 0 Å². The molecule has 0 aliphatic heterocycles. The van der Waals surface area contributed by atoms with Crippen molar-refractivity contribution in [1.29, 1.82) is 0 Å². The molecule has 0 aliphatic carbocycles. The van der Waals surface area contributed by atoms with Crippen LogP contribution in [0.15, 0.2) is 10.6 Å². The molecule has 1 amide bonds. The Morgan fingerprint density at radius 3 is 2.80 bits per heavy atom. The van der Waals surface area contributed by atoms with E-state index < -0.39 is 0 Å². The quantitative estimate of drug-likeness (QED) is 0.786. The Morgan fingerprint density at radius 1 is 1.67 bits per heavy atom. The summed E-state index contributed by atoms with van der Waals surface area (Å²) in [6.45, 7) is 5.74. The van der Waals surface area contributed by atoms with Crippen molar-refractivity contribution in [2.75, 3.05) is 5.32 Å². The lowest BCUT2D eigenvalue weighted by molar-refractivity contribution is -0.116. The zero-order chi connectivity index (χ0) is 11.4. The van der Waals surface area contributed by atoms with Gasteiger partial charge in [-0.2, -0.15) is 0 Å². The Bertz CT molecular complexity index is 333. The third kappa shape index (κ3) is 3.71. The van der Waals surface area contributed by atoms with Gasteiger partial charge in [0.2, 0.25) is 5.91 Å². The Labute approximate surface area is 89.0 Å². The fraction of sp³-hybridized carbons (Fsp3) is 0.600. The summed E-state index contributed by atoms with van der Waals surface area (Å²) in [7, 11) is 0. The second kappa shape index (κ2) is 4.93. The largest absolute Gasteiger partial charge is 0.360 e. The number of nitrogens with two attached hydrogens (primary N) is 1. The van der Waals surface area contributed by atoms with Crippen LogP contribution >= 0.6 is 0 Å². The maximum Gasteiger partial charge on any atom is 0.227 e. The minimum absolute atomic E-state index is 0.127. The first kappa shape index (κ1) is 11.7. The predicted molar refractivity (Wildman–Crippen MR) is 57.3 cm³/mol. The molecule has 1 atom stereocenters. The van der Waals surface area contributed by atoms with Crippen molar-refractivity contribution in [3.05, 3.63) is 11.8 Å². The number of aromatic nitrogens is 1. The smallest absolute Gasteiger partial charge is 0.227 e. The summed E-state index contributed by atoms with van der Waals surface area (Å²) >= 11 is 0. The Balaban J connectivity index is 2.43. The summed E-state index contributed by atoms with van der Waals surface area (Å²) in [6, 6.07) is 1.54. The maximum absolute atomic E-state index is 11.5. The summed E-state index contributed by atoms with van der Waals surface area (Å²) < 4.78 is 4.82. The highest BCUT2D eigenvalue weighted by Crippen LogP contribution is 2.09. The number of amides is 1. The van der Waals surface area contributed by atoms with E-state index in [9.17, 15) is 4.79 Å². The van der Waals surface area contributed by atoms with Crippen LogP contribution in [0.5, 0.6) is 0 Å². The number of carbonyl (C=O) groups is 1. The number of carbonyl (C=O) groups excluding carboxylic acids is 1. The molecule has 5 heteroatoms.